The maximum absolute atomic E-state index is 12.3. The number of carbonyl (C=O) groups excluding carboxylic acids is 1. The SMILES string of the molecule is CC(Sc1nn(-c2ccc(Cl)cc2)c(=S)s1)C(=O)NC1CCS(=O)(=O)C1. The Balaban J connectivity index is 1.65. The van der Waals surface area contributed by atoms with Crippen molar-refractivity contribution in [2.75, 3.05) is 11.5 Å². The van der Waals surface area contributed by atoms with Crippen molar-refractivity contribution in [2.45, 2.75) is 29.0 Å². The van der Waals surface area contributed by atoms with E-state index < -0.39 is 15.1 Å². The van der Waals surface area contributed by atoms with Crippen molar-refractivity contribution < 1.29 is 13.2 Å². The number of halogens is 1. The highest BCUT2D eigenvalue weighted by Gasteiger charge is 2.30. The Labute approximate surface area is 169 Å². The number of benzene rings is 1. The molecule has 2 unspecified atom stereocenters. The number of hydrogen-bond donors (Lipinski definition) is 1. The fourth-order valence-corrected chi connectivity index (χ4v) is 6.80. The molecule has 2 heterocycles. The largest absolute Gasteiger partial charge is 0.351 e. The number of nitrogens with one attached hydrogen (secondary N) is 1. The van der Waals surface area contributed by atoms with Crippen LogP contribution in [-0.4, -0.2) is 46.9 Å². The van der Waals surface area contributed by atoms with Gasteiger partial charge in [-0.3, -0.25) is 4.79 Å². The Hall–Kier alpha value is -0.940. The molecule has 26 heavy (non-hydrogen) atoms. The van der Waals surface area contributed by atoms with E-state index in [4.69, 9.17) is 23.8 Å². The summed E-state index contributed by atoms with van der Waals surface area (Å²) >= 11 is 13.9. The van der Waals surface area contributed by atoms with E-state index in [1.807, 2.05) is 12.1 Å². The summed E-state index contributed by atoms with van der Waals surface area (Å²) in [6.45, 7) is 1.76. The van der Waals surface area contributed by atoms with Crippen LogP contribution < -0.4 is 5.32 Å². The van der Waals surface area contributed by atoms with E-state index in [2.05, 4.69) is 10.4 Å². The maximum Gasteiger partial charge on any atom is 0.233 e. The van der Waals surface area contributed by atoms with E-state index >= 15 is 0 Å². The number of amides is 1. The molecular weight excluding hydrogens is 434 g/mol. The summed E-state index contributed by atoms with van der Waals surface area (Å²) in [4.78, 5) is 12.3. The lowest BCUT2D eigenvalue weighted by Crippen LogP contribution is -2.39. The van der Waals surface area contributed by atoms with Gasteiger partial charge in [-0.05, 0) is 49.8 Å². The second-order valence-electron chi connectivity index (χ2n) is 5.89. The molecule has 0 saturated carbocycles. The number of thioether (sulfide) groups is 1. The molecule has 1 N–H and O–H groups in total. The minimum Gasteiger partial charge on any atom is -0.351 e. The van der Waals surface area contributed by atoms with E-state index in [1.54, 1.807) is 23.7 Å². The zero-order valence-corrected chi connectivity index (χ0v) is 17.7. The predicted molar refractivity (Wildman–Crippen MR) is 108 cm³/mol. The van der Waals surface area contributed by atoms with Gasteiger partial charge in [0.2, 0.25) is 5.91 Å². The van der Waals surface area contributed by atoms with Crippen LogP contribution in [0.1, 0.15) is 13.3 Å². The molecule has 0 bridgehead atoms. The van der Waals surface area contributed by atoms with Crippen LogP contribution in [0.3, 0.4) is 0 Å². The zero-order valence-electron chi connectivity index (χ0n) is 13.7. The predicted octanol–water partition coefficient (Wildman–Crippen LogP) is 3.10. The van der Waals surface area contributed by atoms with Crippen LogP contribution in [-0.2, 0) is 14.6 Å². The maximum atomic E-state index is 12.3. The highest BCUT2D eigenvalue weighted by Crippen LogP contribution is 2.28. The summed E-state index contributed by atoms with van der Waals surface area (Å²) in [5.41, 5.74) is 0.802. The molecule has 1 aromatic heterocycles. The molecule has 11 heteroatoms. The first kappa shape index (κ1) is 19.8. The second kappa shape index (κ2) is 7.97. The Morgan fingerprint density at radius 1 is 1.46 bits per heavy atom. The molecule has 0 spiro atoms. The molecule has 2 aromatic rings. The summed E-state index contributed by atoms with van der Waals surface area (Å²) in [6.07, 6.45) is 0.468. The molecule has 1 saturated heterocycles. The van der Waals surface area contributed by atoms with Crippen molar-refractivity contribution in [1.29, 1.82) is 0 Å². The Kier molecular flexibility index (Phi) is 6.07. The monoisotopic (exact) mass is 449 g/mol. The van der Waals surface area contributed by atoms with E-state index in [1.165, 1.54) is 23.1 Å². The highest BCUT2D eigenvalue weighted by molar-refractivity contribution is 8.02. The lowest BCUT2D eigenvalue weighted by molar-refractivity contribution is -0.120. The number of carbonyl (C=O) groups is 1. The lowest BCUT2D eigenvalue weighted by atomic mass is 10.2. The number of rotatable bonds is 5. The van der Waals surface area contributed by atoms with Crippen molar-refractivity contribution >= 4 is 62.7 Å². The van der Waals surface area contributed by atoms with Crippen molar-refractivity contribution in [3.05, 3.63) is 33.2 Å². The molecule has 0 aliphatic carbocycles. The summed E-state index contributed by atoms with van der Waals surface area (Å²) < 4.78 is 25.9. The molecule has 0 radical (unpaired) electrons. The van der Waals surface area contributed by atoms with E-state index in [-0.39, 0.29) is 23.5 Å². The first-order chi connectivity index (χ1) is 12.2. The quantitative estimate of drug-likeness (QED) is 0.558. The van der Waals surface area contributed by atoms with Gasteiger partial charge in [0.1, 0.15) is 0 Å². The van der Waals surface area contributed by atoms with Gasteiger partial charge in [-0.25, -0.2) is 13.1 Å². The van der Waals surface area contributed by atoms with E-state index in [0.29, 0.717) is 19.7 Å². The van der Waals surface area contributed by atoms with Gasteiger partial charge in [0, 0.05) is 11.1 Å². The number of aromatic nitrogens is 2. The van der Waals surface area contributed by atoms with Crippen LogP contribution in [0.25, 0.3) is 5.69 Å². The van der Waals surface area contributed by atoms with Gasteiger partial charge < -0.3 is 5.32 Å². The smallest absolute Gasteiger partial charge is 0.233 e. The fraction of sp³-hybridized carbons (Fsp3) is 0.400. The number of hydrogen-bond acceptors (Lipinski definition) is 7. The molecule has 2 atom stereocenters. The Bertz CT molecular complexity index is 969. The molecular formula is C15H16ClN3O3S4. The molecule has 1 fully saturated rings. The third-order valence-corrected chi connectivity index (χ3v) is 8.26. The van der Waals surface area contributed by atoms with Crippen molar-refractivity contribution in [3.63, 3.8) is 0 Å². The first-order valence-corrected chi connectivity index (χ1v) is 12.1. The standard InChI is InChI=1S/C15H16ClN3O3S4/c1-9(13(20)17-11-6-7-26(21,22)8-11)24-14-18-19(15(23)25-14)12-4-2-10(16)3-5-12/h2-5,9,11H,6-8H2,1H3,(H,17,20). The molecule has 1 amide bonds. The third-order valence-electron chi connectivity index (χ3n) is 3.83. The van der Waals surface area contributed by atoms with Crippen molar-refractivity contribution in [3.8, 4) is 5.69 Å². The molecule has 1 aliphatic rings. The molecule has 1 aromatic carbocycles. The summed E-state index contributed by atoms with van der Waals surface area (Å²) in [5, 5.41) is 7.49. The Morgan fingerprint density at radius 2 is 2.15 bits per heavy atom. The third kappa shape index (κ3) is 4.86. The van der Waals surface area contributed by atoms with Crippen LogP contribution in [0, 0.1) is 3.95 Å². The minimum atomic E-state index is -3.02. The molecule has 1 aliphatic heterocycles. The fourth-order valence-electron chi connectivity index (χ4n) is 2.49. The van der Waals surface area contributed by atoms with Gasteiger partial charge in [0.05, 0.1) is 22.4 Å². The van der Waals surface area contributed by atoms with Crippen LogP contribution in [0.5, 0.6) is 0 Å². The summed E-state index contributed by atoms with van der Waals surface area (Å²) in [6, 6.07) is 6.86. The second-order valence-corrected chi connectivity index (χ2v) is 11.8. The van der Waals surface area contributed by atoms with Gasteiger partial charge in [-0.15, -0.1) is 5.10 Å². The van der Waals surface area contributed by atoms with Crippen molar-refractivity contribution in [1.82, 2.24) is 15.1 Å². The zero-order chi connectivity index (χ0) is 18.9. The van der Waals surface area contributed by atoms with Crippen LogP contribution in [0.2, 0.25) is 5.02 Å². The number of sulfone groups is 1. The van der Waals surface area contributed by atoms with E-state index in [0.717, 1.165) is 5.69 Å². The lowest BCUT2D eigenvalue weighted by Gasteiger charge is -2.14. The molecule has 140 valence electrons. The minimum absolute atomic E-state index is 0.0141. The Morgan fingerprint density at radius 3 is 2.77 bits per heavy atom. The molecule has 3 rings (SSSR count). The average molecular weight is 450 g/mol. The molecule has 6 nitrogen and oxygen atoms in total. The van der Waals surface area contributed by atoms with Crippen molar-refractivity contribution in [2.24, 2.45) is 0 Å². The van der Waals surface area contributed by atoms with Crippen LogP contribution >= 0.6 is 46.9 Å². The average Bonchev–Trinajstić information content (AvgIpc) is 3.10. The van der Waals surface area contributed by atoms with Gasteiger partial charge in [0.15, 0.2) is 18.1 Å². The van der Waals surface area contributed by atoms with Gasteiger partial charge in [0.25, 0.3) is 0 Å². The number of nitrogens with zero attached hydrogens (tertiary/aromatic N) is 2. The van der Waals surface area contributed by atoms with Crippen LogP contribution in [0.15, 0.2) is 28.6 Å². The first-order valence-electron chi connectivity index (χ1n) is 7.77. The highest BCUT2D eigenvalue weighted by atomic mass is 35.5. The van der Waals surface area contributed by atoms with Gasteiger partial charge >= 0.3 is 0 Å². The summed E-state index contributed by atoms with van der Waals surface area (Å²) in [5.74, 6) is -0.0525. The van der Waals surface area contributed by atoms with Crippen LogP contribution in [0.4, 0.5) is 0 Å². The van der Waals surface area contributed by atoms with Gasteiger partial charge in [-0.1, -0.05) is 34.7 Å². The van der Waals surface area contributed by atoms with E-state index in [9.17, 15) is 13.2 Å². The summed E-state index contributed by atoms with van der Waals surface area (Å²) in [7, 11) is -3.02. The topological polar surface area (TPSA) is 81.1 Å². The van der Waals surface area contributed by atoms with Gasteiger partial charge in [-0.2, -0.15) is 0 Å². The normalized spacial score (nSPS) is 20.0.